The molecule has 0 radical (unpaired) electrons. The van der Waals surface area contributed by atoms with E-state index in [9.17, 15) is 4.79 Å². The number of nitrogens with zero attached hydrogens (tertiary/aromatic N) is 5. The molecule has 1 amide bonds. The number of carbonyl (C=O) groups excluding carboxylic acids is 1. The van der Waals surface area contributed by atoms with E-state index in [1.165, 1.54) is 0 Å². The molecule has 1 atom stereocenters. The van der Waals surface area contributed by atoms with Gasteiger partial charge in [-0.1, -0.05) is 12.1 Å². The van der Waals surface area contributed by atoms with Crippen LogP contribution in [0.3, 0.4) is 0 Å². The van der Waals surface area contributed by atoms with Gasteiger partial charge in [0.15, 0.2) is 0 Å². The largest absolute Gasteiger partial charge is 0.378 e. The highest BCUT2D eigenvalue weighted by atomic mass is 35.5. The molecule has 0 bridgehead atoms. The molecule has 1 aromatic carbocycles. The SMILES string of the molecule is Cl.NC1CCCN(Cc2ccnc(C(=O)Nc3ccc(-c4cc5c(N6CCOCC6)ncnc5[nH]4)cc3)c2)C1. The van der Waals surface area contributed by atoms with E-state index in [0.717, 1.165) is 79.2 Å². The Morgan fingerprint density at radius 2 is 1.90 bits per heavy atom. The third-order valence-electron chi connectivity index (χ3n) is 7.17. The number of likely N-dealkylation sites (tertiary alicyclic amines) is 1. The van der Waals surface area contributed by atoms with Crippen molar-refractivity contribution in [3.8, 4) is 11.3 Å². The van der Waals surface area contributed by atoms with Gasteiger partial charge < -0.3 is 25.7 Å². The van der Waals surface area contributed by atoms with Gasteiger partial charge in [0.2, 0.25) is 0 Å². The Balaban J connectivity index is 0.00000308. The van der Waals surface area contributed by atoms with E-state index in [0.29, 0.717) is 24.6 Å². The van der Waals surface area contributed by atoms with E-state index in [-0.39, 0.29) is 24.4 Å². The summed E-state index contributed by atoms with van der Waals surface area (Å²) in [7, 11) is 0. The number of aromatic nitrogens is 4. The average molecular weight is 549 g/mol. The van der Waals surface area contributed by atoms with Crippen molar-refractivity contribution >= 4 is 40.9 Å². The lowest BCUT2D eigenvalue weighted by Crippen LogP contribution is -2.42. The molecule has 5 heterocycles. The van der Waals surface area contributed by atoms with Crippen LogP contribution in [0.5, 0.6) is 0 Å². The normalized spacial score (nSPS) is 18.1. The fraction of sp³-hybridized carbons (Fsp3) is 0.357. The van der Waals surface area contributed by atoms with E-state index in [1.54, 1.807) is 12.5 Å². The Morgan fingerprint density at radius 3 is 2.69 bits per heavy atom. The summed E-state index contributed by atoms with van der Waals surface area (Å²) in [6, 6.07) is 13.9. The van der Waals surface area contributed by atoms with Crippen LogP contribution in [0.25, 0.3) is 22.3 Å². The second-order valence-electron chi connectivity index (χ2n) is 9.96. The molecule has 2 saturated heterocycles. The summed E-state index contributed by atoms with van der Waals surface area (Å²) < 4.78 is 5.48. The van der Waals surface area contributed by atoms with Crippen LogP contribution in [0.4, 0.5) is 11.5 Å². The molecule has 2 aliphatic rings. The van der Waals surface area contributed by atoms with Crippen molar-refractivity contribution < 1.29 is 9.53 Å². The van der Waals surface area contributed by atoms with E-state index < -0.39 is 0 Å². The zero-order chi connectivity index (χ0) is 25.9. The first-order chi connectivity index (χ1) is 18.6. The fourth-order valence-electron chi connectivity index (χ4n) is 5.23. The number of amides is 1. The number of nitrogens with two attached hydrogens (primary N) is 1. The first-order valence-electron chi connectivity index (χ1n) is 13.1. The molecule has 11 heteroatoms. The minimum atomic E-state index is -0.231. The molecule has 2 fully saturated rings. The Labute approximate surface area is 233 Å². The second-order valence-corrected chi connectivity index (χ2v) is 9.96. The maximum absolute atomic E-state index is 12.9. The van der Waals surface area contributed by atoms with Crippen molar-refractivity contribution in [1.82, 2.24) is 24.8 Å². The molecule has 2 aliphatic heterocycles. The van der Waals surface area contributed by atoms with Crippen LogP contribution in [0.15, 0.2) is 55.0 Å². The van der Waals surface area contributed by atoms with Crippen LogP contribution in [-0.2, 0) is 11.3 Å². The van der Waals surface area contributed by atoms with Crippen LogP contribution in [0, 0.1) is 0 Å². The van der Waals surface area contributed by atoms with Crippen molar-refractivity contribution in [2.75, 3.05) is 49.6 Å². The lowest BCUT2D eigenvalue weighted by Gasteiger charge is -2.30. The van der Waals surface area contributed by atoms with Crippen molar-refractivity contribution in [2.45, 2.75) is 25.4 Å². The van der Waals surface area contributed by atoms with E-state index in [1.807, 2.05) is 36.4 Å². The monoisotopic (exact) mass is 548 g/mol. The standard InChI is InChI=1S/C28H32N8O2.ClH/c29-21-2-1-9-35(17-21)16-19-7-8-30-25(14-19)28(37)33-22-5-3-20(4-6-22)24-15-23-26(34-24)31-18-32-27(23)36-10-12-38-13-11-36;/h3-8,14-15,18,21H,1-2,9-13,16-17,29H2,(H,33,37)(H,31,32,34);1H. The number of pyridine rings is 1. The third-order valence-corrected chi connectivity index (χ3v) is 7.17. The van der Waals surface area contributed by atoms with Crippen molar-refractivity contribution in [3.05, 3.63) is 66.2 Å². The lowest BCUT2D eigenvalue weighted by atomic mass is 10.1. The van der Waals surface area contributed by atoms with Gasteiger partial charge in [-0.15, -0.1) is 12.4 Å². The second kappa shape index (κ2) is 12.1. The molecule has 10 nitrogen and oxygen atoms in total. The summed E-state index contributed by atoms with van der Waals surface area (Å²) in [6.07, 6.45) is 5.47. The van der Waals surface area contributed by atoms with Gasteiger partial charge in [-0.2, -0.15) is 0 Å². The number of anilines is 2. The number of hydrogen-bond donors (Lipinski definition) is 3. The number of H-pyrrole nitrogens is 1. The van der Waals surface area contributed by atoms with Gasteiger partial charge in [0.25, 0.3) is 5.91 Å². The number of ether oxygens (including phenoxy) is 1. The van der Waals surface area contributed by atoms with Crippen LogP contribution >= 0.6 is 12.4 Å². The van der Waals surface area contributed by atoms with Gasteiger partial charge in [-0.3, -0.25) is 14.7 Å². The Hall–Kier alpha value is -3.57. The van der Waals surface area contributed by atoms with Crippen LogP contribution in [0.2, 0.25) is 0 Å². The highest BCUT2D eigenvalue weighted by Gasteiger charge is 2.19. The van der Waals surface area contributed by atoms with Gasteiger partial charge in [-0.25, -0.2) is 9.97 Å². The maximum atomic E-state index is 12.9. The smallest absolute Gasteiger partial charge is 0.274 e. The minimum absolute atomic E-state index is 0. The van der Waals surface area contributed by atoms with Gasteiger partial charge in [-0.05, 0) is 60.8 Å². The zero-order valence-corrected chi connectivity index (χ0v) is 22.5. The number of benzene rings is 1. The van der Waals surface area contributed by atoms with Crippen LogP contribution < -0.4 is 16.0 Å². The summed E-state index contributed by atoms with van der Waals surface area (Å²) in [5.41, 5.74) is 11.0. The molecule has 0 spiro atoms. The molecule has 0 aliphatic carbocycles. The lowest BCUT2D eigenvalue weighted by molar-refractivity contribution is 0.102. The zero-order valence-electron chi connectivity index (χ0n) is 21.7. The third kappa shape index (κ3) is 6.20. The minimum Gasteiger partial charge on any atom is -0.378 e. The highest BCUT2D eigenvalue weighted by Crippen LogP contribution is 2.29. The molecule has 3 aromatic heterocycles. The first-order valence-corrected chi connectivity index (χ1v) is 13.1. The number of fused-ring (bicyclic) bond motifs is 1. The summed E-state index contributed by atoms with van der Waals surface area (Å²) in [5.74, 6) is 0.688. The summed E-state index contributed by atoms with van der Waals surface area (Å²) in [5, 5.41) is 3.95. The molecular weight excluding hydrogens is 516 g/mol. The number of piperidine rings is 1. The van der Waals surface area contributed by atoms with Crippen LogP contribution in [0.1, 0.15) is 28.9 Å². The summed E-state index contributed by atoms with van der Waals surface area (Å²) >= 11 is 0. The molecule has 204 valence electrons. The summed E-state index contributed by atoms with van der Waals surface area (Å²) in [4.78, 5) is 34.1. The average Bonchev–Trinajstić information content (AvgIpc) is 3.39. The van der Waals surface area contributed by atoms with Crippen molar-refractivity contribution in [1.29, 1.82) is 0 Å². The molecule has 4 N–H and O–H groups in total. The van der Waals surface area contributed by atoms with Gasteiger partial charge in [0.05, 0.1) is 18.6 Å². The van der Waals surface area contributed by atoms with Crippen LogP contribution in [-0.4, -0.2) is 76.2 Å². The number of morpholine rings is 1. The number of nitrogens with one attached hydrogen (secondary N) is 2. The fourth-order valence-corrected chi connectivity index (χ4v) is 5.23. The number of carbonyl (C=O) groups is 1. The predicted octanol–water partition coefficient (Wildman–Crippen LogP) is 3.45. The molecule has 6 rings (SSSR count). The molecule has 1 unspecified atom stereocenters. The molecular formula is C28H33ClN8O2. The van der Waals surface area contributed by atoms with E-state index in [4.69, 9.17) is 10.5 Å². The molecule has 0 saturated carbocycles. The highest BCUT2D eigenvalue weighted by molar-refractivity contribution is 6.03. The quantitative estimate of drug-likeness (QED) is 0.334. The van der Waals surface area contributed by atoms with Gasteiger partial charge in [0, 0.05) is 49.8 Å². The molecule has 4 aromatic rings. The number of halogens is 1. The first kappa shape index (κ1) is 27.0. The van der Waals surface area contributed by atoms with Gasteiger partial charge in [0.1, 0.15) is 23.5 Å². The van der Waals surface area contributed by atoms with Crippen molar-refractivity contribution in [2.24, 2.45) is 5.73 Å². The number of aromatic amines is 1. The van der Waals surface area contributed by atoms with E-state index >= 15 is 0 Å². The summed E-state index contributed by atoms with van der Waals surface area (Å²) in [6.45, 7) is 5.70. The number of rotatable bonds is 6. The van der Waals surface area contributed by atoms with E-state index in [2.05, 4.69) is 41.1 Å². The molecule has 39 heavy (non-hydrogen) atoms. The Morgan fingerprint density at radius 1 is 1.08 bits per heavy atom. The van der Waals surface area contributed by atoms with Gasteiger partial charge >= 0.3 is 0 Å². The topological polar surface area (TPSA) is 125 Å². The Kier molecular flexibility index (Phi) is 8.37. The maximum Gasteiger partial charge on any atom is 0.274 e. The predicted molar refractivity (Wildman–Crippen MR) is 154 cm³/mol. The number of hydrogen-bond acceptors (Lipinski definition) is 8. The van der Waals surface area contributed by atoms with Crippen molar-refractivity contribution in [3.63, 3.8) is 0 Å². The Bertz CT molecular complexity index is 1420.